The van der Waals surface area contributed by atoms with Gasteiger partial charge in [0.1, 0.15) is 0 Å². The first-order chi connectivity index (χ1) is 15.4. The minimum absolute atomic E-state index is 0. The van der Waals surface area contributed by atoms with Crippen LogP contribution in [0.1, 0.15) is 47.9 Å². The summed E-state index contributed by atoms with van der Waals surface area (Å²) in [5.41, 5.74) is 6.17. The molecule has 174 valence electrons. The van der Waals surface area contributed by atoms with Gasteiger partial charge in [-0.1, -0.05) is 6.07 Å². The summed E-state index contributed by atoms with van der Waals surface area (Å²) < 4.78 is 30.3. The number of fused-ring (bicyclic) bond motifs is 2. The molecule has 3 aliphatic rings. The maximum absolute atomic E-state index is 13.4. The molecule has 33 heavy (non-hydrogen) atoms. The van der Waals surface area contributed by atoms with E-state index in [-0.39, 0.29) is 35.6 Å². The standard InChI is InChI=1S/C22H30N6O3S.Na.H/c1-27-10-8-17(9-11-27)28(18-13-23-24-14-18)32(30,31)26-22(29)25-21-19-6-2-4-15(19)12-16-5-3-7-20(16)21;;/h12-14,17H,2-11H2,1H3,(H,23,24)(H2,25,26,29);;. The number of aromatic amines is 1. The van der Waals surface area contributed by atoms with E-state index in [9.17, 15) is 13.2 Å². The number of likely N-dealkylation sites (tertiary alicyclic amines) is 1. The molecule has 1 fully saturated rings. The van der Waals surface area contributed by atoms with Gasteiger partial charge in [-0.3, -0.25) is 5.10 Å². The predicted molar refractivity (Wildman–Crippen MR) is 130 cm³/mol. The molecular formula is C22H31N6NaO3S. The number of H-pyrrole nitrogens is 1. The van der Waals surface area contributed by atoms with E-state index in [1.54, 1.807) is 6.20 Å². The third-order valence-corrected chi connectivity index (χ3v) is 8.42. The second-order valence-electron chi connectivity index (χ2n) is 9.08. The molecular weight excluding hydrogens is 451 g/mol. The van der Waals surface area contributed by atoms with Crippen LogP contribution in [0.3, 0.4) is 0 Å². The number of amides is 2. The second kappa shape index (κ2) is 9.95. The molecule has 2 heterocycles. The van der Waals surface area contributed by atoms with E-state index < -0.39 is 16.2 Å². The number of hydrogen-bond acceptors (Lipinski definition) is 5. The van der Waals surface area contributed by atoms with Gasteiger partial charge in [-0.2, -0.15) is 13.5 Å². The molecule has 0 saturated carbocycles. The van der Waals surface area contributed by atoms with Crippen molar-refractivity contribution in [1.82, 2.24) is 19.8 Å². The van der Waals surface area contributed by atoms with Crippen molar-refractivity contribution in [3.05, 3.63) is 40.7 Å². The van der Waals surface area contributed by atoms with Crippen LogP contribution in [0.2, 0.25) is 0 Å². The Morgan fingerprint density at radius 1 is 1.12 bits per heavy atom. The fourth-order valence-corrected chi connectivity index (χ4v) is 6.78. The first-order valence-electron chi connectivity index (χ1n) is 11.4. The quantitative estimate of drug-likeness (QED) is 0.562. The van der Waals surface area contributed by atoms with Crippen LogP contribution in [-0.4, -0.2) is 85.3 Å². The van der Waals surface area contributed by atoms with Crippen molar-refractivity contribution in [3.63, 3.8) is 0 Å². The molecule has 0 unspecified atom stereocenters. The topological polar surface area (TPSA) is 110 Å². The molecule has 5 rings (SSSR count). The molecule has 9 nitrogen and oxygen atoms in total. The molecule has 0 atom stereocenters. The zero-order valence-corrected chi connectivity index (χ0v) is 19.2. The molecule has 1 aromatic carbocycles. The van der Waals surface area contributed by atoms with Crippen molar-refractivity contribution in [2.45, 2.75) is 57.4 Å². The third-order valence-electron chi connectivity index (χ3n) is 6.95. The van der Waals surface area contributed by atoms with Crippen LogP contribution in [0, 0.1) is 0 Å². The van der Waals surface area contributed by atoms with Gasteiger partial charge >= 0.3 is 45.8 Å². The van der Waals surface area contributed by atoms with Gasteiger partial charge < -0.3 is 10.2 Å². The van der Waals surface area contributed by atoms with Crippen LogP contribution in [-0.2, 0) is 35.9 Å². The Morgan fingerprint density at radius 2 is 1.76 bits per heavy atom. The Labute approximate surface area is 217 Å². The third kappa shape index (κ3) is 4.95. The van der Waals surface area contributed by atoms with E-state index in [0.717, 1.165) is 57.3 Å². The van der Waals surface area contributed by atoms with Gasteiger partial charge in [0, 0.05) is 17.9 Å². The summed E-state index contributed by atoms with van der Waals surface area (Å²) in [6, 6.07) is 1.34. The molecule has 2 aromatic rings. The molecule has 1 saturated heterocycles. The Bertz CT molecular complexity index is 1080. The minimum atomic E-state index is -4.12. The van der Waals surface area contributed by atoms with Gasteiger partial charge in [0.25, 0.3) is 0 Å². The van der Waals surface area contributed by atoms with Crippen LogP contribution >= 0.6 is 0 Å². The van der Waals surface area contributed by atoms with E-state index in [4.69, 9.17) is 0 Å². The van der Waals surface area contributed by atoms with Gasteiger partial charge in [-0.05, 0) is 93.8 Å². The molecule has 0 spiro atoms. The molecule has 0 bridgehead atoms. The number of nitrogens with one attached hydrogen (secondary N) is 3. The van der Waals surface area contributed by atoms with Gasteiger partial charge in [0.15, 0.2) is 0 Å². The normalized spacial score (nSPS) is 18.3. The molecule has 0 radical (unpaired) electrons. The van der Waals surface area contributed by atoms with Crippen molar-refractivity contribution in [2.24, 2.45) is 0 Å². The Morgan fingerprint density at radius 3 is 2.33 bits per heavy atom. The summed E-state index contributed by atoms with van der Waals surface area (Å²) in [6.07, 6.45) is 10.4. The van der Waals surface area contributed by atoms with E-state index in [1.165, 1.54) is 32.8 Å². The average Bonchev–Trinajstić information content (AvgIpc) is 3.50. The summed E-state index contributed by atoms with van der Waals surface area (Å²) in [5, 5.41) is 9.53. The number of benzene rings is 1. The Balaban J connectivity index is 0.00000259. The van der Waals surface area contributed by atoms with Crippen molar-refractivity contribution < 1.29 is 13.2 Å². The number of carbonyl (C=O) groups excluding carboxylic acids is 1. The number of urea groups is 1. The fraction of sp³-hybridized carbons (Fsp3) is 0.545. The zero-order valence-electron chi connectivity index (χ0n) is 18.4. The first kappa shape index (κ1) is 24.5. The van der Waals surface area contributed by atoms with Crippen LogP contribution < -0.4 is 14.3 Å². The number of carbonyl (C=O) groups is 1. The van der Waals surface area contributed by atoms with Gasteiger partial charge in [-0.15, -0.1) is 0 Å². The SMILES string of the molecule is CN1CCC(N(c2cn[nH]c2)S(=O)(=O)NC(=O)Nc2c3c(cc4c2CCC4)CCC3)CC1.[NaH]. The number of hydrogen-bond donors (Lipinski definition) is 3. The maximum atomic E-state index is 13.4. The Kier molecular flexibility index (Phi) is 7.40. The molecule has 3 N–H and O–H groups in total. The van der Waals surface area contributed by atoms with Crippen LogP contribution in [0.25, 0.3) is 0 Å². The number of piperidine rings is 1. The van der Waals surface area contributed by atoms with E-state index >= 15 is 0 Å². The van der Waals surface area contributed by atoms with E-state index in [2.05, 4.69) is 31.2 Å². The fourth-order valence-electron chi connectivity index (χ4n) is 5.41. The number of aromatic nitrogens is 2. The van der Waals surface area contributed by atoms with Gasteiger partial charge in [0.2, 0.25) is 0 Å². The van der Waals surface area contributed by atoms with Crippen molar-refractivity contribution >= 4 is 57.2 Å². The molecule has 2 amide bonds. The summed E-state index contributed by atoms with van der Waals surface area (Å²) in [4.78, 5) is 15.2. The monoisotopic (exact) mass is 482 g/mol. The van der Waals surface area contributed by atoms with Crippen LogP contribution in [0.4, 0.5) is 16.2 Å². The van der Waals surface area contributed by atoms with E-state index in [0.29, 0.717) is 18.5 Å². The number of nitrogens with zero attached hydrogens (tertiary/aromatic N) is 3. The van der Waals surface area contributed by atoms with Crippen molar-refractivity contribution in [1.29, 1.82) is 0 Å². The van der Waals surface area contributed by atoms with Crippen molar-refractivity contribution in [3.8, 4) is 0 Å². The molecule has 1 aromatic heterocycles. The summed E-state index contributed by atoms with van der Waals surface area (Å²) in [5.74, 6) is 0. The zero-order chi connectivity index (χ0) is 22.3. The van der Waals surface area contributed by atoms with Gasteiger partial charge in [0.05, 0.1) is 11.9 Å². The number of rotatable bonds is 5. The Hall–Kier alpha value is -1.59. The number of anilines is 2. The molecule has 11 heteroatoms. The van der Waals surface area contributed by atoms with E-state index in [1.807, 2.05) is 7.05 Å². The first-order valence-corrected chi connectivity index (χ1v) is 12.8. The molecule has 2 aliphatic carbocycles. The summed E-state index contributed by atoms with van der Waals surface area (Å²) in [6.45, 7) is 1.59. The second-order valence-corrected chi connectivity index (χ2v) is 10.6. The summed E-state index contributed by atoms with van der Waals surface area (Å²) >= 11 is 0. The summed E-state index contributed by atoms with van der Waals surface area (Å²) in [7, 11) is -2.09. The predicted octanol–water partition coefficient (Wildman–Crippen LogP) is 1.71. The average molecular weight is 483 g/mol. The van der Waals surface area contributed by atoms with Gasteiger partial charge in [-0.25, -0.2) is 13.8 Å². The van der Waals surface area contributed by atoms with Crippen molar-refractivity contribution in [2.75, 3.05) is 29.8 Å². The van der Waals surface area contributed by atoms with Crippen LogP contribution in [0.15, 0.2) is 18.5 Å². The molecule has 1 aliphatic heterocycles. The van der Waals surface area contributed by atoms with Crippen LogP contribution in [0.5, 0.6) is 0 Å². The number of aryl methyl sites for hydroxylation is 2.